The van der Waals surface area contributed by atoms with Gasteiger partial charge in [0, 0.05) is 17.2 Å². The van der Waals surface area contributed by atoms with Crippen LogP contribution >= 0.6 is 15.9 Å². The first-order valence-electron chi connectivity index (χ1n) is 5.66. The molecule has 96 valence electrons. The molecule has 4 nitrogen and oxygen atoms in total. The van der Waals surface area contributed by atoms with Crippen LogP contribution in [-0.4, -0.2) is 24.0 Å². The number of carbonyl (C=O) groups excluding carboxylic acids is 1. The van der Waals surface area contributed by atoms with Crippen molar-refractivity contribution >= 4 is 33.5 Å². The summed E-state index contributed by atoms with van der Waals surface area (Å²) in [7, 11) is 1.63. The predicted molar refractivity (Wildman–Crippen MR) is 71.6 cm³/mol. The first-order valence-corrected chi connectivity index (χ1v) is 6.45. The Balaban J connectivity index is 2.32. The summed E-state index contributed by atoms with van der Waals surface area (Å²) in [4.78, 5) is 24.9. The van der Waals surface area contributed by atoms with E-state index in [1.807, 2.05) is 25.1 Å². The number of anilines is 1. The Bertz CT molecular complexity index is 523. The number of hydrogen-bond donors (Lipinski definition) is 1. The van der Waals surface area contributed by atoms with Crippen molar-refractivity contribution in [3.05, 3.63) is 28.2 Å². The van der Waals surface area contributed by atoms with E-state index in [1.165, 1.54) is 4.90 Å². The summed E-state index contributed by atoms with van der Waals surface area (Å²) in [6.45, 7) is 1.89. The van der Waals surface area contributed by atoms with Gasteiger partial charge in [-0.1, -0.05) is 22.0 Å². The van der Waals surface area contributed by atoms with E-state index in [1.54, 1.807) is 7.05 Å². The van der Waals surface area contributed by atoms with Crippen LogP contribution in [0.5, 0.6) is 0 Å². The number of benzene rings is 1. The molecule has 1 fully saturated rings. The van der Waals surface area contributed by atoms with Crippen LogP contribution in [0.3, 0.4) is 0 Å². The number of carboxylic acid groups (broad SMARTS) is 1. The van der Waals surface area contributed by atoms with Gasteiger partial charge in [-0.3, -0.25) is 9.59 Å². The van der Waals surface area contributed by atoms with Gasteiger partial charge in [-0.2, -0.15) is 0 Å². The lowest BCUT2D eigenvalue weighted by Gasteiger charge is -2.23. The molecule has 0 saturated heterocycles. The number of aryl methyl sites for hydroxylation is 1. The minimum atomic E-state index is -1.19. The molecule has 1 amide bonds. The molecular formula is C13H14BrNO3. The van der Waals surface area contributed by atoms with Crippen molar-refractivity contribution in [2.24, 2.45) is 5.41 Å². The van der Waals surface area contributed by atoms with Crippen LogP contribution in [0.4, 0.5) is 5.69 Å². The zero-order valence-corrected chi connectivity index (χ0v) is 11.8. The van der Waals surface area contributed by atoms with E-state index in [0.717, 1.165) is 15.7 Å². The quantitative estimate of drug-likeness (QED) is 0.873. The van der Waals surface area contributed by atoms with Crippen molar-refractivity contribution in [1.29, 1.82) is 0 Å². The van der Waals surface area contributed by atoms with Crippen LogP contribution in [0.15, 0.2) is 22.7 Å². The number of nitrogens with zero attached hydrogens (tertiary/aromatic N) is 1. The Morgan fingerprint density at radius 2 is 2.00 bits per heavy atom. The lowest BCUT2D eigenvalue weighted by Crippen LogP contribution is -2.38. The van der Waals surface area contributed by atoms with Crippen LogP contribution in [-0.2, 0) is 9.59 Å². The Labute approximate surface area is 114 Å². The molecule has 1 aromatic rings. The number of halogens is 1. The van der Waals surface area contributed by atoms with E-state index in [-0.39, 0.29) is 5.91 Å². The SMILES string of the molecule is Cc1ccc(Br)cc1N(C)C(=O)C1(C(=O)O)CC1. The van der Waals surface area contributed by atoms with E-state index in [0.29, 0.717) is 12.8 Å². The maximum Gasteiger partial charge on any atom is 0.319 e. The normalized spacial score (nSPS) is 16.2. The molecule has 0 bridgehead atoms. The second-order valence-electron chi connectivity index (χ2n) is 4.68. The van der Waals surface area contributed by atoms with Gasteiger partial charge in [0.1, 0.15) is 5.41 Å². The Morgan fingerprint density at radius 3 is 2.50 bits per heavy atom. The summed E-state index contributed by atoms with van der Waals surface area (Å²) in [6.07, 6.45) is 0.858. The van der Waals surface area contributed by atoms with E-state index in [2.05, 4.69) is 15.9 Å². The lowest BCUT2D eigenvalue weighted by atomic mass is 10.0. The molecule has 1 aliphatic rings. The topological polar surface area (TPSA) is 57.6 Å². The maximum atomic E-state index is 12.3. The molecule has 0 aliphatic heterocycles. The van der Waals surface area contributed by atoms with Crippen LogP contribution in [0.1, 0.15) is 18.4 Å². The highest BCUT2D eigenvalue weighted by molar-refractivity contribution is 9.10. The molecule has 5 heteroatoms. The molecule has 0 heterocycles. The van der Waals surface area contributed by atoms with Crippen molar-refractivity contribution in [2.75, 3.05) is 11.9 Å². The molecular weight excluding hydrogens is 298 g/mol. The molecule has 1 saturated carbocycles. The van der Waals surface area contributed by atoms with E-state index < -0.39 is 11.4 Å². The zero-order chi connectivity index (χ0) is 13.5. The summed E-state index contributed by atoms with van der Waals surface area (Å²) in [5, 5.41) is 9.14. The van der Waals surface area contributed by atoms with Crippen molar-refractivity contribution in [1.82, 2.24) is 0 Å². The fourth-order valence-corrected chi connectivity index (χ4v) is 2.37. The minimum absolute atomic E-state index is 0.337. The molecule has 0 atom stereocenters. The molecule has 0 radical (unpaired) electrons. The fraction of sp³-hybridized carbons (Fsp3) is 0.385. The van der Waals surface area contributed by atoms with Gasteiger partial charge in [0.15, 0.2) is 0 Å². The molecule has 0 unspecified atom stereocenters. The van der Waals surface area contributed by atoms with Gasteiger partial charge in [-0.25, -0.2) is 0 Å². The molecule has 2 rings (SSSR count). The first kappa shape index (κ1) is 13.1. The minimum Gasteiger partial charge on any atom is -0.480 e. The summed E-state index contributed by atoms with van der Waals surface area (Å²) < 4.78 is 0.864. The number of aliphatic carboxylic acids is 1. The van der Waals surface area contributed by atoms with Gasteiger partial charge >= 0.3 is 5.97 Å². The Hall–Kier alpha value is -1.36. The van der Waals surface area contributed by atoms with Crippen LogP contribution in [0.25, 0.3) is 0 Å². The number of rotatable bonds is 3. The third-order valence-corrected chi connectivity index (χ3v) is 3.90. The molecule has 1 aliphatic carbocycles. The third-order valence-electron chi connectivity index (χ3n) is 3.41. The smallest absolute Gasteiger partial charge is 0.319 e. The number of hydrogen-bond acceptors (Lipinski definition) is 2. The highest BCUT2D eigenvalue weighted by atomic mass is 79.9. The second-order valence-corrected chi connectivity index (χ2v) is 5.60. The van der Waals surface area contributed by atoms with Gasteiger partial charge in [-0.05, 0) is 37.5 Å². The van der Waals surface area contributed by atoms with Gasteiger partial charge in [-0.15, -0.1) is 0 Å². The van der Waals surface area contributed by atoms with Crippen LogP contribution in [0.2, 0.25) is 0 Å². The number of amides is 1. The highest BCUT2D eigenvalue weighted by Gasteiger charge is 2.58. The largest absolute Gasteiger partial charge is 0.480 e. The van der Waals surface area contributed by atoms with E-state index >= 15 is 0 Å². The Kier molecular flexibility index (Phi) is 3.19. The van der Waals surface area contributed by atoms with Gasteiger partial charge in [0.25, 0.3) is 0 Å². The summed E-state index contributed by atoms with van der Waals surface area (Å²) in [5.41, 5.74) is 0.487. The van der Waals surface area contributed by atoms with Crippen molar-refractivity contribution in [3.8, 4) is 0 Å². The molecule has 18 heavy (non-hydrogen) atoms. The van der Waals surface area contributed by atoms with Gasteiger partial charge in [0.05, 0.1) is 0 Å². The first-order chi connectivity index (χ1) is 8.38. The van der Waals surface area contributed by atoms with Crippen LogP contribution in [0, 0.1) is 12.3 Å². The number of carbonyl (C=O) groups is 2. The molecule has 0 spiro atoms. The zero-order valence-electron chi connectivity index (χ0n) is 10.2. The van der Waals surface area contributed by atoms with Crippen molar-refractivity contribution in [2.45, 2.75) is 19.8 Å². The molecule has 1 aromatic carbocycles. The maximum absolute atomic E-state index is 12.3. The molecule has 0 aromatic heterocycles. The standard InChI is InChI=1S/C13H14BrNO3/c1-8-3-4-9(14)7-10(8)15(2)11(16)13(5-6-13)12(17)18/h3-4,7H,5-6H2,1-2H3,(H,17,18). The second kappa shape index (κ2) is 4.39. The van der Waals surface area contributed by atoms with E-state index in [9.17, 15) is 9.59 Å². The Morgan fingerprint density at radius 1 is 1.39 bits per heavy atom. The van der Waals surface area contributed by atoms with Gasteiger partial charge in [0.2, 0.25) is 5.91 Å². The van der Waals surface area contributed by atoms with E-state index in [4.69, 9.17) is 5.11 Å². The van der Waals surface area contributed by atoms with Crippen molar-refractivity contribution < 1.29 is 14.7 Å². The predicted octanol–water partition coefficient (Wildman–Crippen LogP) is 2.59. The lowest BCUT2D eigenvalue weighted by molar-refractivity contribution is -0.148. The van der Waals surface area contributed by atoms with Crippen LogP contribution < -0.4 is 4.90 Å². The van der Waals surface area contributed by atoms with Gasteiger partial charge < -0.3 is 10.0 Å². The summed E-state index contributed by atoms with van der Waals surface area (Å²) in [6, 6.07) is 5.61. The number of carboxylic acids is 1. The summed E-state index contributed by atoms with van der Waals surface area (Å²) >= 11 is 3.35. The van der Waals surface area contributed by atoms with Crippen molar-refractivity contribution in [3.63, 3.8) is 0 Å². The molecule has 1 N–H and O–H groups in total. The summed E-state index contributed by atoms with van der Waals surface area (Å²) in [5.74, 6) is -1.36. The average molecular weight is 312 g/mol. The highest BCUT2D eigenvalue weighted by Crippen LogP contribution is 2.48. The third kappa shape index (κ3) is 2.03. The average Bonchev–Trinajstić information content (AvgIpc) is 3.11. The fourth-order valence-electron chi connectivity index (χ4n) is 2.02. The monoisotopic (exact) mass is 311 g/mol.